The Morgan fingerprint density at radius 2 is 1.72 bits per heavy atom. The Kier molecular flexibility index (Phi) is 3.80. The molecule has 0 aromatic heterocycles. The lowest BCUT2D eigenvalue weighted by Crippen LogP contribution is -2.25. The minimum atomic E-state index is -1.57. The van der Waals surface area contributed by atoms with E-state index in [0.29, 0.717) is 6.07 Å². The van der Waals surface area contributed by atoms with Gasteiger partial charge >= 0.3 is 0 Å². The summed E-state index contributed by atoms with van der Waals surface area (Å²) in [4.78, 5) is 0. The molecule has 0 amide bonds. The van der Waals surface area contributed by atoms with E-state index >= 15 is 0 Å². The molecule has 0 radical (unpaired) electrons. The van der Waals surface area contributed by atoms with Crippen LogP contribution >= 0.6 is 0 Å². The average molecular weight is 259 g/mol. The number of hydrogen-bond donors (Lipinski definition) is 2. The molecule has 1 aromatic carbocycles. The van der Waals surface area contributed by atoms with E-state index in [0.717, 1.165) is 32.1 Å². The lowest BCUT2D eigenvalue weighted by molar-refractivity contribution is 0.293. The topological polar surface area (TPSA) is 46.2 Å². The third kappa shape index (κ3) is 2.32. The summed E-state index contributed by atoms with van der Waals surface area (Å²) in [5.41, 5.74) is 5.60. The van der Waals surface area contributed by atoms with Crippen molar-refractivity contribution in [2.45, 2.75) is 38.1 Å². The predicted octanol–water partition coefficient (Wildman–Crippen LogP) is 3.39. The number of phenolic OH excluding ortho intramolecular Hbond substituents is 1. The molecule has 0 bridgehead atoms. The highest BCUT2D eigenvalue weighted by molar-refractivity contribution is 5.37. The Morgan fingerprint density at radius 1 is 1.11 bits per heavy atom. The predicted molar refractivity (Wildman–Crippen MR) is 61.5 cm³/mol. The highest BCUT2D eigenvalue weighted by atomic mass is 19.2. The maximum Gasteiger partial charge on any atom is 0.195 e. The first-order valence-corrected chi connectivity index (χ1v) is 6.14. The Bertz CT molecular complexity index is 444. The molecule has 1 saturated carbocycles. The molecule has 0 unspecified atom stereocenters. The van der Waals surface area contributed by atoms with Crippen LogP contribution in [-0.4, -0.2) is 5.11 Å². The van der Waals surface area contributed by atoms with Gasteiger partial charge in [-0.3, -0.25) is 0 Å². The first kappa shape index (κ1) is 13.2. The summed E-state index contributed by atoms with van der Waals surface area (Å²) in [6.45, 7) is 0. The van der Waals surface area contributed by atoms with Gasteiger partial charge in [-0.15, -0.1) is 0 Å². The van der Waals surface area contributed by atoms with Gasteiger partial charge in [-0.1, -0.05) is 19.3 Å². The number of benzene rings is 1. The number of rotatable bonds is 2. The van der Waals surface area contributed by atoms with E-state index in [4.69, 9.17) is 5.73 Å². The van der Waals surface area contributed by atoms with Crippen molar-refractivity contribution in [3.63, 3.8) is 0 Å². The first-order chi connectivity index (χ1) is 8.52. The normalized spacial score (nSPS) is 18.9. The molecular formula is C13H16F3NO. The molecule has 2 rings (SSSR count). The zero-order chi connectivity index (χ0) is 13.3. The van der Waals surface area contributed by atoms with Crippen molar-refractivity contribution in [1.82, 2.24) is 0 Å². The molecule has 1 aliphatic carbocycles. The van der Waals surface area contributed by atoms with Crippen LogP contribution in [0.4, 0.5) is 13.2 Å². The molecule has 100 valence electrons. The number of nitrogens with two attached hydrogens (primary N) is 1. The van der Waals surface area contributed by atoms with Gasteiger partial charge in [0.1, 0.15) is 5.75 Å². The summed E-state index contributed by atoms with van der Waals surface area (Å²) >= 11 is 0. The zero-order valence-corrected chi connectivity index (χ0v) is 9.93. The molecule has 0 saturated heterocycles. The summed E-state index contributed by atoms with van der Waals surface area (Å²) < 4.78 is 39.8. The van der Waals surface area contributed by atoms with Gasteiger partial charge in [-0.2, -0.15) is 0 Å². The van der Waals surface area contributed by atoms with E-state index in [2.05, 4.69) is 0 Å². The van der Waals surface area contributed by atoms with E-state index in [-0.39, 0.29) is 11.5 Å². The first-order valence-electron chi connectivity index (χ1n) is 6.14. The van der Waals surface area contributed by atoms with E-state index in [1.165, 1.54) is 0 Å². The fraction of sp³-hybridized carbons (Fsp3) is 0.538. The van der Waals surface area contributed by atoms with Crippen LogP contribution < -0.4 is 5.73 Å². The van der Waals surface area contributed by atoms with Crippen molar-refractivity contribution >= 4 is 0 Å². The van der Waals surface area contributed by atoms with Gasteiger partial charge in [-0.05, 0) is 18.8 Å². The van der Waals surface area contributed by atoms with Gasteiger partial charge in [-0.25, -0.2) is 13.2 Å². The van der Waals surface area contributed by atoms with Crippen LogP contribution in [0.25, 0.3) is 0 Å². The van der Waals surface area contributed by atoms with Crippen molar-refractivity contribution in [3.8, 4) is 5.75 Å². The molecule has 3 N–H and O–H groups in total. The second kappa shape index (κ2) is 5.18. The Hall–Kier alpha value is -1.23. The molecule has 1 atom stereocenters. The van der Waals surface area contributed by atoms with Crippen molar-refractivity contribution in [2.75, 3.05) is 0 Å². The quantitative estimate of drug-likeness (QED) is 0.800. The number of aromatic hydroxyl groups is 1. The Labute approximate surface area is 104 Å². The largest absolute Gasteiger partial charge is 0.507 e. The lowest BCUT2D eigenvalue weighted by Gasteiger charge is -2.28. The number of phenols is 1. The van der Waals surface area contributed by atoms with Crippen LogP contribution in [0.15, 0.2) is 6.07 Å². The van der Waals surface area contributed by atoms with Crippen LogP contribution in [-0.2, 0) is 0 Å². The molecule has 5 heteroatoms. The summed E-state index contributed by atoms with van der Waals surface area (Å²) in [6, 6.07) is -0.212. The zero-order valence-electron chi connectivity index (χ0n) is 9.93. The maximum absolute atomic E-state index is 13.7. The highest BCUT2D eigenvalue weighted by Crippen LogP contribution is 2.38. The highest BCUT2D eigenvalue weighted by Gasteiger charge is 2.29. The second-order valence-corrected chi connectivity index (χ2v) is 4.84. The van der Waals surface area contributed by atoms with Crippen molar-refractivity contribution in [2.24, 2.45) is 11.7 Å². The minimum Gasteiger partial charge on any atom is -0.507 e. The molecule has 1 fully saturated rings. The molecule has 1 aromatic rings. The molecule has 1 aliphatic rings. The van der Waals surface area contributed by atoms with Gasteiger partial charge < -0.3 is 10.8 Å². The van der Waals surface area contributed by atoms with Gasteiger partial charge in [0.2, 0.25) is 0 Å². The molecule has 2 nitrogen and oxygen atoms in total. The van der Waals surface area contributed by atoms with Crippen molar-refractivity contribution in [1.29, 1.82) is 0 Å². The van der Waals surface area contributed by atoms with E-state index in [9.17, 15) is 18.3 Å². The molecule has 0 heterocycles. The summed E-state index contributed by atoms with van der Waals surface area (Å²) in [6.07, 6.45) is 4.72. The second-order valence-electron chi connectivity index (χ2n) is 4.84. The third-order valence-corrected chi connectivity index (χ3v) is 3.67. The monoisotopic (exact) mass is 259 g/mol. The van der Waals surface area contributed by atoms with Crippen molar-refractivity contribution < 1.29 is 18.3 Å². The van der Waals surface area contributed by atoms with E-state index in [1.807, 2.05) is 0 Å². The standard InChI is InChI=1S/C13H16F3NO/c14-8-6-9(18)10(12(16)11(8)15)13(17)7-4-2-1-3-5-7/h6-7,13,18H,1-5,17H2/t13-/m1/s1. The SMILES string of the molecule is N[C@@H](c1c(O)cc(F)c(F)c1F)C1CCCCC1. The minimum absolute atomic E-state index is 0.00371. The van der Waals surface area contributed by atoms with Crippen LogP contribution in [0.2, 0.25) is 0 Å². The van der Waals surface area contributed by atoms with Crippen molar-refractivity contribution in [3.05, 3.63) is 29.1 Å². The fourth-order valence-electron chi connectivity index (χ4n) is 2.64. The molecule has 0 aliphatic heterocycles. The van der Waals surface area contributed by atoms with Crippen LogP contribution in [0, 0.1) is 23.4 Å². The molecule has 0 spiro atoms. The Morgan fingerprint density at radius 3 is 2.33 bits per heavy atom. The molecule has 18 heavy (non-hydrogen) atoms. The smallest absolute Gasteiger partial charge is 0.195 e. The van der Waals surface area contributed by atoms with Gasteiger partial charge in [0.25, 0.3) is 0 Å². The van der Waals surface area contributed by atoms with E-state index in [1.54, 1.807) is 0 Å². The van der Waals surface area contributed by atoms with Crippen LogP contribution in [0.5, 0.6) is 5.75 Å². The number of halogens is 3. The summed E-state index contributed by atoms with van der Waals surface area (Å²) in [5.74, 6) is -4.95. The van der Waals surface area contributed by atoms with E-state index < -0.39 is 29.2 Å². The maximum atomic E-state index is 13.7. The summed E-state index contributed by atoms with van der Waals surface area (Å²) in [7, 11) is 0. The lowest BCUT2D eigenvalue weighted by atomic mass is 9.81. The number of hydrogen-bond acceptors (Lipinski definition) is 2. The van der Waals surface area contributed by atoms with Gasteiger partial charge in [0.15, 0.2) is 17.5 Å². The van der Waals surface area contributed by atoms with Gasteiger partial charge in [0, 0.05) is 17.7 Å². The fourth-order valence-corrected chi connectivity index (χ4v) is 2.64. The third-order valence-electron chi connectivity index (χ3n) is 3.67. The summed E-state index contributed by atoms with van der Waals surface area (Å²) in [5, 5.41) is 9.57. The average Bonchev–Trinajstić information content (AvgIpc) is 2.37. The van der Waals surface area contributed by atoms with Gasteiger partial charge in [0.05, 0.1) is 0 Å². The van der Waals surface area contributed by atoms with Crippen LogP contribution in [0.1, 0.15) is 43.7 Å². The Balaban J connectivity index is 2.34. The van der Waals surface area contributed by atoms with Crippen LogP contribution in [0.3, 0.4) is 0 Å². The molecular weight excluding hydrogens is 243 g/mol.